The van der Waals surface area contributed by atoms with Gasteiger partial charge in [-0.2, -0.15) is 0 Å². The van der Waals surface area contributed by atoms with Gasteiger partial charge in [0.1, 0.15) is 0 Å². The Morgan fingerprint density at radius 1 is 1.16 bits per heavy atom. The van der Waals surface area contributed by atoms with Gasteiger partial charge in [-0.05, 0) is 57.0 Å². The van der Waals surface area contributed by atoms with E-state index in [0.717, 1.165) is 25.9 Å². The quantitative estimate of drug-likeness (QED) is 0.793. The average molecular weight is 266 g/mol. The van der Waals surface area contributed by atoms with Gasteiger partial charge in [0.2, 0.25) is 0 Å². The number of likely N-dealkylation sites (tertiary alicyclic amines) is 1. The Bertz CT molecular complexity index is 328. The molecule has 19 heavy (non-hydrogen) atoms. The lowest BCUT2D eigenvalue weighted by Crippen LogP contribution is -2.47. The number of aliphatic carboxylic acids is 1. The molecule has 0 radical (unpaired) electrons. The lowest BCUT2D eigenvalue weighted by Gasteiger charge is -2.31. The number of rotatable bonds is 5. The second kappa shape index (κ2) is 5.80. The van der Waals surface area contributed by atoms with Gasteiger partial charge in [0.05, 0.1) is 5.92 Å². The van der Waals surface area contributed by atoms with Crippen LogP contribution in [-0.2, 0) is 4.79 Å². The number of hydrogen-bond acceptors (Lipinski definition) is 3. The first-order valence-electron chi connectivity index (χ1n) is 7.94. The van der Waals surface area contributed by atoms with E-state index in [4.69, 9.17) is 0 Å². The summed E-state index contributed by atoms with van der Waals surface area (Å²) in [5.41, 5.74) is 0. The van der Waals surface area contributed by atoms with Crippen LogP contribution in [0.5, 0.6) is 0 Å². The summed E-state index contributed by atoms with van der Waals surface area (Å²) in [6.07, 6.45) is 7.52. The molecular formula is C15H26N2O2. The van der Waals surface area contributed by atoms with E-state index in [2.05, 4.69) is 10.2 Å². The first kappa shape index (κ1) is 13.4. The number of carbonyl (C=O) groups is 1. The molecule has 1 saturated heterocycles. The molecular weight excluding hydrogens is 240 g/mol. The molecule has 0 amide bonds. The minimum absolute atomic E-state index is 0.125. The van der Waals surface area contributed by atoms with Crippen LogP contribution in [0.15, 0.2) is 0 Å². The lowest BCUT2D eigenvalue weighted by molar-refractivity contribution is -0.144. The Labute approximate surface area is 115 Å². The van der Waals surface area contributed by atoms with Crippen molar-refractivity contribution in [1.29, 1.82) is 0 Å². The van der Waals surface area contributed by atoms with Crippen LogP contribution in [-0.4, -0.2) is 48.2 Å². The first-order valence-corrected chi connectivity index (χ1v) is 7.94. The van der Waals surface area contributed by atoms with E-state index in [0.29, 0.717) is 11.8 Å². The molecule has 0 spiro atoms. The number of carboxylic acid groups (broad SMARTS) is 1. The molecule has 4 unspecified atom stereocenters. The highest BCUT2D eigenvalue weighted by Gasteiger charge is 2.50. The highest BCUT2D eigenvalue weighted by atomic mass is 16.4. The van der Waals surface area contributed by atoms with Gasteiger partial charge in [0.15, 0.2) is 0 Å². The van der Waals surface area contributed by atoms with Crippen LogP contribution in [0.2, 0.25) is 0 Å². The van der Waals surface area contributed by atoms with Crippen molar-refractivity contribution in [3.8, 4) is 0 Å². The normalized spacial score (nSPS) is 38.7. The van der Waals surface area contributed by atoms with E-state index in [1.54, 1.807) is 0 Å². The summed E-state index contributed by atoms with van der Waals surface area (Å²) in [5, 5.41) is 13.0. The summed E-state index contributed by atoms with van der Waals surface area (Å²) < 4.78 is 0. The Balaban J connectivity index is 1.47. The summed E-state index contributed by atoms with van der Waals surface area (Å²) in [4.78, 5) is 13.9. The summed E-state index contributed by atoms with van der Waals surface area (Å²) in [6.45, 7) is 4.49. The third-order valence-corrected chi connectivity index (χ3v) is 5.46. The molecule has 2 N–H and O–H groups in total. The molecule has 1 heterocycles. The van der Waals surface area contributed by atoms with Crippen molar-refractivity contribution in [1.82, 2.24) is 10.2 Å². The molecule has 2 aliphatic carbocycles. The number of hydrogen-bond donors (Lipinski definition) is 2. The summed E-state index contributed by atoms with van der Waals surface area (Å²) in [7, 11) is 0. The maximum absolute atomic E-state index is 11.4. The third kappa shape index (κ3) is 2.79. The highest BCUT2D eigenvalue weighted by Crippen LogP contribution is 2.48. The van der Waals surface area contributed by atoms with Crippen molar-refractivity contribution < 1.29 is 9.90 Å². The van der Waals surface area contributed by atoms with E-state index in [9.17, 15) is 9.90 Å². The van der Waals surface area contributed by atoms with Crippen molar-refractivity contribution in [2.75, 3.05) is 26.2 Å². The lowest BCUT2D eigenvalue weighted by atomic mass is 9.84. The molecule has 2 saturated carbocycles. The molecule has 3 rings (SSSR count). The maximum Gasteiger partial charge on any atom is 0.308 e. The van der Waals surface area contributed by atoms with Crippen LogP contribution in [0, 0.1) is 17.8 Å². The van der Waals surface area contributed by atoms with Gasteiger partial charge < -0.3 is 15.3 Å². The van der Waals surface area contributed by atoms with Gasteiger partial charge in [-0.3, -0.25) is 4.79 Å². The van der Waals surface area contributed by atoms with Crippen molar-refractivity contribution >= 4 is 5.97 Å². The Hall–Kier alpha value is -0.610. The monoisotopic (exact) mass is 266 g/mol. The molecule has 1 aliphatic heterocycles. The van der Waals surface area contributed by atoms with E-state index in [-0.39, 0.29) is 12.0 Å². The Morgan fingerprint density at radius 2 is 1.89 bits per heavy atom. The maximum atomic E-state index is 11.4. The zero-order valence-electron chi connectivity index (χ0n) is 11.7. The molecule has 2 bridgehead atoms. The molecule has 3 fully saturated rings. The Kier molecular flexibility index (Phi) is 4.08. The highest BCUT2D eigenvalue weighted by molar-refractivity contribution is 5.72. The SMILES string of the molecule is O=C(O)C1C2CCC(C2)C1NCCN1CCCCC1. The molecule has 0 aromatic heterocycles. The number of piperidine rings is 1. The number of fused-ring (bicyclic) bond motifs is 2. The second-order valence-corrected chi connectivity index (χ2v) is 6.58. The zero-order chi connectivity index (χ0) is 13.2. The smallest absolute Gasteiger partial charge is 0.308 e. The Morgan fingerprint density at radius 3 is 2.63 bits per heavy atom. The van der Waals surface area contributed by atoms with Gasteiger partial charge in [-0.25, -0.2) is 0 Å². The van der Waals surface area contributed by atoms with Crippen LogP contribution in [0.3, 0.4) is 0 Å². The molecule has 108 valence electrons. The van der Waals surface area contributed by atoms with Gasteiger partial charge in [-0.1, -0.05) is 6.42 Å². The van der Waals surface area contributed by atoms with Gasteiger partial charge >= 0.3 is 5.97 Å². The van der Waals surface area contributed by atoms with Crippen LogP contribution >= 0.6 is 0 Å². The van der Waals surface area contributed by atoms with E-state index >= 15 is 0 Å². The fraction of sp³-hybridized carbons (Fsp3) is 0.933. The number of nitrogens with one attached hydrogen (secondary N) is 1. The third-order valence-electron chi connectivity index (χ3n) is 5.46. The summed E-state index contributed by atoms with van der Waals surface area (Å²) >= 11 is 0. The minimum atomic E-state index is -0.581. The van der Waals surface area contributed by atoms with Gasteiger partial charge in [-0.15, -0.1) is 0 Å². The van der Waals surface area contributed by atoms with Crippen molar-refractivity contribution in [3.63, 3.8) is 0 Å². The standard InChI is InChI=1S/C15H26N2O2/c18-15(19)13-11-4-5-12(10-11)14(13)16-6-9-17-7-2-1-3-8-17/h11-14,16H,1-10H2,(H,18,19). The predicted octanol–water partition coefficient (Wildman–Crippen LogP) is 1.56. The molecule has 3 aliphatic rings. The van der Waals surface area contributed by atoms with Gasteiger partial charge in [0.25, 0.3) is 0 Å². The minimum Gasteiger partial charge on any atom is -0.481 e. The molecule has 0 aromatic rings. The van der Waals surface area contributed by atoms with Crippen LogP contribution in [0.1, 0.15) is 38.5 Å². The van der Waals surface area contributed by atoms with Crippen LogP contribution in [0.4, 0.5) is 0 Å². The summed E-state index contributed by atoms with van der Waals surface area (Å²) in [5.74, 6) is 0.352. The average Bonchev–Trinajstić information content (AvgIpc) is 3.00. The zero-order valence-corrected chi connectivity index (χ0v) is 11.7. The molecule has 4 nitrogen and oxygen atoms in total. The van der Waals surface area contributed by atoms with Crippen molar-refractivity contribution in [2.24, 2.45) is 17.8 Å². The molecule has 0 aromatic carbocycles. The largest absolute Gasteiger partial charge is 0.481 e. The summed E-state index contributed by atoms with van der Waals surface area (Å²) in [6, 6.07) is 0.237. The predicted molar refractivity (Wildman–Crippen MR) is 74.0 cm³/mol. The first-order chi connectivity index (χ1) is 9.25. The van der Waals surface area contributed by atoms with E-state index in [1.165, 1.54) is 38.8 Å². The van der Waals surface area contributed by atoms with Crippen LogP contribution in [0.25, 0.3) is 0 Å². The fourth-order valence-corrected chi connectivity index (χ4v) is 4.51. The van der Waals surface area contributed by atoms with E-state index in [1.807, 2.05) is 0 Å². The second-order valence-electron chi connectivity index (χ2n) is 6.58. The van der Waals surface area contributed by atoms with Gasteiger partial charge in [0, 0.05) is 19.1 Å². The number of nitrogens with zero attached hydrogens (tertiary/aromatic N) is 1. The van der Waals surface area contributed by atoms with Crippen molar-refractivity contribution in [3.05, 3.63) is 0 Å². The van der Waals surface area contributed by atoms with Crippen molar-refractivity contribution in [2.45, 2.75) is 44.6 Å². The molecule has 4 heteroatoms. The van der Waals surface area contributed by atoms with E-state index < -0.39 is 5.97 Å². The van der Waals surface area contributed by atoms with Crippen LogP contribution < -0.4 is 5.32 Å². The number of carboxylic acids is 1. The topological polar surface area (TPSA) is 52.6 Å². The fourth-order valence-electron chi connectivity index (χ4n) is 4.51. The molecule has 4 atom stereocenters.